The SMILES string of the molecule is O=C(O)CCCS(=O)(=O)NCC1CCCCC1. The smallest absolute Gasteiger partial charge is 0.303 e. The molecule has 1 fully saturated rings. The standard InChI is InChI=1S/C11H21NO4S/c13-11(14)7-4-8-17(15,16)12-9-10-5-2-1-3-6-10/h10,12H,1-9H2,(H,13,14). The van der Waals surface area contributed by atoms with Crippen molar-refractivity contribution in [2.75, 3.05) is 12.3 Å². The fourth-order valence-electron chi connectivity index (χ4n) is 2.12. The third-order valence-corrected chi connectivity index (χ3v) is 4.55. The van der Waals surface area contributed by atoms with Crippen molar-refractivity contribution in [3.05, 3.63) is 0 Å². The van der Waals surface area contributed by atoms with Gasteiger partial charge in [-0.15, -0.1) is 0 Å². The summed E-state index contributed by atoms with van der Waals surface area (Å²) in [5, 5.41) is 8.43. The van der Waals surface area contributed by atoms with Gasteiger partial charge in [0.05, 0.1) is 5.75 Å². The number of carboxylic acids is 1. The van der Waals surface area contributed by atoms with Gasteiger partial charge in [-0.25, -0.2) is 13.1 Å². The zero-order chi connectivity index (χ0) is 12.7. The minimum atomic E-state index is -3.29. The van der Waals surface area contributed by atoms with Crippen LogP contribution in [0.3, 0.4) is 0 Å². The first kappa shape index (κ1) is 14.4. The summed E-state index contributed by atoms with van der Waals surface area (Å²) < 4.78 is 25.7. The molecule has 0 bridgehead atoms. The van der Waals surface area contributed by atoms with Crippen molar-refractivity contribution in [1.29, 1.82) is 0 Å². The molecule has 1 aliphatic rings. The summed E-state index contributed by atoms with van der Waals surface area (Å²) in [6.07, 6.45) is 5.90. The molecular weight excluding hydrogens is 242 g/mol. The maximum absolute atomic E-state index is 11.6. The van der Waals surface area contributed by atoms with Gasteiger partial charge in [-0.2, -0.15) is 0 Å². The van der Waals surface area contributed by atoms with Crippen LogP contribution in [0.1, 0.15) is 44.9 Å². The Balaban J connectivity index is 2.21. The van der Waals surface area contributed by atoms with Gasteiger partial charge in [0.1, 0.15) is 0 Å². The Morgan fingerprint density at radius 3 is 2.47 bits per heavy atom. The summed E-state index contributed by atoms with van der Waals surface area (Å²) in [6.45, 7) is 0.509. The highest BCUT2D eigenvalue weighted by Gasteiger charge is 2.17. The van der Waals surface area contributed by atoms with Crippen molar-refractivity contribution in [3.63, 3.8) is 0 Å². The maximum atomic E-state index is 11.6. The van der Waals surface area contributed by atoms with Gasteiger partial charge in [0.15, 0.2) is 0 Å². The van der Waals surface area contributed by atoms with Crippen LogP contribution >= 0.6 is 0 Å². The molecule has 17 heavy (non-hydrogen) atoms. The average molecular weight is 263 g/mol. The molecule has 0 aromatic carbocycles. The second kappa shape index (κ2) is 6.96. The quantitative estimate of drug-likeness (QED) is 0.726. The van der Waals surface area contributed by atoms with Crippen molar-refractivity contribution in [3.8, 4) is 0 Å². The van der Waals surface area contributed by atoms with Gasteiger partial charge in [-0.05, 0) is 25.2 Å². The lowest BCUT2D eigenvalue weighted by molar-refractivity contribution is -0.137. The molecule has 0 aliphatic heterocycles. The van der Waals surface area contributed by atoms with Crippen LogP contribution in [0.5, 0.6) is 0 Å². The molecule has 0 aromatic heterocycles. The highest BCUT2D eigenvalue weighted by Crippen LogP contribution is 2.22. The van der Waals surface area contributed by atoms with E-state index in [1.54, 1.807) is 0 Å². The first-order valence-corrected chi connectivity index (χ1v) is 7.84. The molecule has 0 amide bonds. The van der Waals surface area contributed by atoms with Gasteiger partial charge in [0.2, 0.25) is 10.0 Å². The van der Waals surface area contributed by atoms with Crippen molar-refractivity contribution in [2.24, 2.45) is 5.92 Å². The van der Waals surface area contributed by atoms with E-state index in [-0.39, 0.29) is 18.6 Å². The molecule has 5 nitrogen and oxygen atoms in total. The van der Waals surface area contributed by atoms with Crippen LogP contribution in [0.2, 0.25) is 0 Å². The van der Waals surface area contributed by atoms with E-state index in [4.69, 9.17) is 5.11 Å². The van der Waals surface area contributed by atoms with Crippen molar-refractivity contribution in [1.82, 2.24) is 4.72 Å². The van der Waals surface area contributed by atoms with Crippen LogP contribution in [-0.4, -0.2) is 31.8 Å². The van der Waals surface area contributed by atoms with Crippen LogP contribution in [0.4, 0.5) is 0 Å². The third kappa shape index (κ3) is 6.63. The number of aliphatic carboxylic acids is 1. The summed E-state index contributed by atoms with van der Waals surface area (Å²) in [7, 11) is -3.29. The predicted molar refractivity (Wildman–Crippen MR) is 65.2 cm³/mol. The lowest BCUT2D eigenvalue weighted by Crippen LogP contribution is -2.32. The molecule has 0 unspecified atom stereocenters. The Bertz CT molecular complexity index is 333. The van der Waals surface area contributed by atoms with E-state index in [9.17, 15) is 13.2 Å². The number of hydrogen-bond donors (Lipinski definition) is 2. The fourth-order valence-corrected chi connectivity index (χ4v) is 3.28. The molecule has 100 valence electrons. The molecule has 0 radical (unpaired) electrons. The molecular formula is C11H21NO4S. The zero-order valence-electron chi connectivity index (χ0n) is 10.0. The van der Waals surface area contributed by atoms with Crippen LogP contribution < -0.4 is 4.72 Å². The minimum Gasteiger partial charge on any atom is -0.481 e. The van der Waals surface area contributed by atoms with E-state index >= 15 is 0 Å². The van der Waals surface area contributed by atoms with E-state index in [0.29, 0.717) is 12.5 Å². The highest BCUT2D eigenvalue weighted by molar-refractivity contribution is 7.89. The topological polar surface area (TPSA) is 83.5 Å². The van der Waals surface area contributed by atoms with Gasteiger partial charge >= 0.3 is 5.97 Å². The summed E-state index contributed by atoms with van der Waals surface area (Å²) in [5.74, 6) is -0.586. The van der Waals surface area contributed by atoms with Crippen molar-refractivity contribution >= 4 is 16.0 Å². The Labute approximate surface area is 103 Å². The second-order valence-electron chi connectivity index (χ2n) is 4.67. The van der Waals surface area contributed by atoms with Crippen LogP contribution in [0.25, 0.3) is 0 Å². The van der Waals surface area contributed by atoms with E-state index in [1.165, 1.54) is 19.3 Å². The zero-order valence-corrected chi connectivity index (χ0v) is 10.8. The molecule has 1 saturated carbocycles. The number of sulfonamides is 1. The Kier molecular flexibility index (Phi) is 5.91. The van der Waals surface area contributed by atoms with Gasteiger partial charge in [0.25, 0.3) is 0 Å². The van der Waals surface area contributed by atoms with E-state index in [2.05, 4.69) is 4.72 Å². The van der Waals surface area contributed by atoms with E-state index in [0.717, 1.165) is 12.8 Å². The monoisotopic (exact) mass is 263 g/mol. The van der Waals surface area contributed by atoms with Crippen molar-refractivity contribution in [2.45, 2.75) is 44.9 Å². The minimum absolute atomic E-state index is 0.0913. The van der Waals surface area contributed by atoms with Crippen LogP contribution in [0.15, 0.2) is 0 Å². The highest BCUT2D eigenvalue weighted by atomic mass is 32.2. The molecule has 6 heteroatoms. The maximum Gasteiger partial charge on any atom is 0.303 e. The molecule has 1 rings (SSSR count). The Morgan fingerprint density at radius 2 is 1.88 bits per heavy atom. The normalized spacial score (nSPS) is 18.1. The average Bonchev–Trinajstić information content (AvgIpc) is 2.27. The summed E-state index contributed by atoms with van der Waals surface area (Å²) in [4.78, 5) is 10.3. The number of carboxylic acid groups (broad SMARTS) is 1. The lowest BCUT2D eigenvalue weighted by atomic mass is 9.90. The van der Waals surface area contributed by atoms with Gasteiger partial charge in [0, 0.05) is 13.0 Å². The number of hydrogen-bond acceptors (Lipinski definition) is 3. The first-order valence-electron chi connectivity index (χ1n) is 6.19. The van der Waals surface area contributed by atoms with Crippen LogP contribution in [-0.2, 0) is 14.8 Å². The summed E-state index contributed by atoms with van der Waals surface area (Å²) in [6, 6.07) is 0. The third-order valence-electron chi connectivity index (χ3n) is 3.12. The molecule has 2 N–H and O–H groups in total. The number of nitrogens with one attached hydrogen (secondary N) is 1. The Morgan fingerprint density at radius 1 is 1.24 bits per heavy atom. The molecule has 0 saturated heterocycles. The second-order valence-corrected chi connectivity index (χ2v) is 6.60. The largest absolute Gasteiger partial charge is 0.481 e. The van der Waals surface area contributed by atoms with Gasteiger partial charge < -0.3 is 5.11 Å². The number of carbonyl (C=O) groups is 1. The van der Waals surface area contributed by atoms with Crippen molar-refractivity contribution < 1.29 is 18.3 Å². The summed E-state index contributed by atoms with van der Waals surface area (Å²) in [5.41, 5.74) is 0. The fraction of sp³-hybridized carbons (Fsp3) is 0.909. The van der Waals surface area contributed by atoms with Gasteiger partial charge in [-0.3, -0.25) is 4.79 Å². The summed E-state index contributed by atoms with van der Waals surface area (Å²) >= 11 is 0. The van der Waals surface area contributed by atoms with Gasteiger partial charge in [-0.1, -0.05) is 19.3 Å². The molecule has 0 heterocycles. The molecule has 0 atom stereocenters. The van der Waals surface area contributed by atoms with Crippen LogP contribution in [0, 0.1) is 5.92 Å². The molecule has 0 spiro atoms. The van der Waals surface area contributed by atoms with E-state index in [1.807, 2.05) is 0 Å². The predicted octanol–water partition coefficient (Wildman–Crippen LogP) is 1.35. The first-order chi connectivity index (χ1) is 7.99. The molecule has 0 aromatic rings. The molecule has 1 aliphatic carbocycles. The lowest BCUT2D eigenvalue weighted by Gasteiger charge is -2.21. The van der Waals surface area contributed by atoms with E-state index < -0.39 is 16.0 Å². The Hall–Kier alpha value is -0.620. The number of rotatable bonds is 7.